The number of rotatable bonds is 10. The van der Waals surface area contributed by atoms with E-state index in [1.807, 2.05) is 0 Å². The highest BCUT2D eigenvalue weighted by Gasteiger charge is 2.28. The zero-order valence-corrected chi connectivity index (χ0v) is 40.5. The number of esters is 2. The fourth-order valence-electron chi connectivity index (χ4n) is 6.30. The quantitative estimate of drug-likeness (QED) is 0.117. The highest BCUT2D eigenvalue weighted by molar-refractivity contribution is 5.96. The fourth-order valence-corrected chi connectivity index (χ4v) is 6.30. The van der Waals surface area contributed by atoms with Crippen LogP contribution < -0.4 is 0 Å². The van der Waals surface area contributed by atoms with Crippen LogP contribution in [0.2, 0.25) is 0 Å². The second-order valence-electron chi connectivity index (χ2n) is 15.2. The summed E-state index contributed by atoms with van der Waals surface area (Å²) < 4.78 is 66.6. The SMILES string of the molecule is COC(=O)c1cc(C2OCCO2)oc1C.COC(=O)c1cc(C=O)oc1C.Cc1oc(C2OCCO2)cc1C(=O)N(C)C.Cc1oc(C2OCCO2)cc1C(=O)O.Cc1oc(C=O)cc1C(=O)N(C)C. The molecule has 5 aromatic heterocycles. The largest absolute Gasteiger partial charge is 0.478 e. The lowest BCUT2D eigenvalue weighted by Crippen LogP contribution is -2.21. The van der Waals surface area contributed by atoms with Crippen molar-refractivity contribution in [2.75, 3.05) is 82.1 Å². The molecule has 3 saturated heterocycles. The Morgan fingerprint density at radius 1 is 0.471 bits per heavy atom. The van der Waals surface area contributed by atoms with E-state index in [2.05, 4.69) is 9.47 Å². The summed E-state index contributed by atoms with van der Waals surface area (Å²) in [5, 5.41) is 8.78. The molecule has 8 heterocycles. The second kappa shape index (κ2) is 26.0. The zero-order chi connectivity index (χ0) is 51.8. The number of carboxylic acids is 1. The van der Waals surface area contributed by atoms with Gasteiger partial charge in [0.15, 0.2) is 41.4 Å². The van der Waals surface area contributed by atoms with Crippen molar-refractivity contribution in [1.29, 1.82) is 0 Å². The number of carboxylic acid groups (broad SMARTS) is 1. The van der Waals surface area contributed by atoms with Crippen LogP contribution in [0, 0.1) is 34.6 Å². The standard InChI is InChI=1S/C11H15NO4.C10H12O5.C9H11NO3.C9H10O5.C8H8O4/c1-7-8(10(13)12(2)3)6-9(16-7)11-14-4-5-15-11;1-6-7(9(11)12-2)5-8(15-6)10-13-3-4-14-10;1-6-8(9(12)10(2)3)4-7(5-11)13-6;1-5-6(8(10)11)4-7(14-5)9-12-2-3-13-9;1-5-7(8(10)11-2)3-6(4-9)12-5/h6,11H,4-5H2,1-3H3;5,10H,3-4H2,1-2H3;4-5H,1-3H3;4,9H,2-3H2,1H3,(H,10,11);3-4H,1-2H3. The van der Waals surface area contributed by atoms with Gasteiger partial charge in [-0.1, -0.05) is 0 Å². The average molecular weight is 985 g/mol. The minimum absolute atomic E-state index is 0.0782. The molecule has 0 aromatic carbocycles. The van der Waals surface area contributed by atoms with Gasteiger partial charge in [-0.2, -0.15) is 0 Å². The predicted octanol–water partition coefficient (Wildman–Crippen LogP) is 6.38. The molecule has 2 amide bonds. The molecule has 1 N–H and O–H groups in total. The maximum atomic E-state index is 11.8. The Balaban J connectivity index is 0.000000191. The molecule has 3 aliphatic rings. The number of nitrogens with zero attached hydrogens (tertiary/aromatic N) is 2. The van der Waals surface area contributed by atoms with Crippen LogP contribution in [0.5, 0.6) is 0 Å². The van der Waals surface area contributed by atoms with E-state index in [1.165, 1.54) is 42.2 Å². The van der Waals surface area contributed by atoms with Crippen LogP contribution in [0.4, 0.5) is 0 Å². The number of aldehydes is 2. The summed E-state index contributed by atoms with van der Waals surface area (Å²) in [6.07, 6.45) is -0.398. The number of hydrogen-bond donors (Lipinski definition) is 1. The van der Waals surface area contributed by atoms with Gasteiger partial charge in [0.1, 0.15) is 45.5 Å². The molecule has 5 aromatic rings. The molecular weight excluding hydrogens is 929 g/mol. The summed E-state index contributed by atoms with van der Waals surface area (Å²) in [6.45, 7) is 11.5. The number of carbonyl (C=O) groups is 7. The van der Waals surface area contributed by atoms with Gasteiger partial charge < -0.3 is 74.9 Å². The Kier molecular flexibility index (Phi) is 20.6. The zero-order valence-electron chi connectivity index (χ0n) is 40.5. The molecule has 70 heavy (non-hydrogen) atoms. The van der Waals surface area contributed by atoms with Crippen LogP contribution in [0.25, 0.3) is 0 Å². The van der Waals surface area contributed by atoms with E-state index < -0.39 is 36.8 Å². The van der Waals surface area contributed by atoms with Crippen molar-refractivity contribution in [3.63, 3.8) is 0 Å². The summed E-state index contributed by atoms with van der Waals surface area (Å²) in [6, 6.07) is 7.53. The number of aromatic carboxylic acids is 1. The van der Waals surface area contributed by atoms with Gasteiger partial charge in [-0.25, -0.2) is 14.4 Å². The van der Waals surface area contributed by atoms with E-state index in [9.17, 15) is 33.6 Å². The summed E-state index contributed by atoms with van der Waals surface area (Å²) in [5.41, 5.74) is 1.84. The van der Waals surface area contributed by atoms with E-state index in [1.54, 1.807) is 74.9 Å². The third-order valence-electron chi connectivity index (χ3n) is 9.79. The van der Waals surface area contributed by atoms with Crippen molar-refractivity contribution in [3.8, 4) is 0 Å². The molecule has 0 spiro atoms. The number of carbonyl (C=O) groups excluding carboxylic acids is 6. The van der Waals surface area contributed by atoms with Crippen molar-refractivity contribution < 1.29 is 98.6 Å². The highest BCUT2D eigenvalue weighted by Crippen LogP contribution is 2.30. The van der Waals surface area contributed by atoms with Gasteiger partial charge in [-0.05, 0) is 52.8 Å². The Hall–Kier alpha value is -7.15. The van der Waals surface area contributed by atoms with Gasteiger partial charge in [-0.15, -0.1) is 0 Å². The Bertz CT molecular complexity index is 2570. The summed E-state index contributed by atoms with van der Waals surface area (Å²) in [7, 11) is 9.31. The Morgan fingerprint density at radius 2 is 0.743 bits per heavy atom. The van der Waals surface area contributed by atoms with Crippen LogP contribution in [0.15, 0.2) is 52.4 Å². The molecule has 3 aliphatic heterocycles. The molecule has 8 rings (SSSR count). The van der Waals surface area contributed by atoms with Gasteiger partial charge in [0, 0.05) is 40.3 Å². The molecule has 23 nitrogen and oxygen atoms in total. The number of furan rings is 5. The Labute approximate surface area is 401 Å². The molecule has 0 saturated carbocycles. The first-order chi connectivity index (χ1) is 33.2. The summed E-state index contributed by atoms with van der Waals surface area (Å²) in [5.74, 6) is 1.97. The lowest BCUT2D eigenvalue weighted by Gasteiger charge is -2.08. The molecule has 0 radical (unpaired) electrons. The van der Waals surface area contributed by atoms with Crippen LogP contribution in [0.3, 0.4) is 0 Å². The van der Waals surface area contributed by atoms with Crippen LogP contribution in [0.1, 0.15) is 138 Å². The summed E-state index contributed by atoms with van der Waals surface area (Å²) >= 11 is 0. The van der Waals surface area contributed by atoms with Crippen molar-refractivity contribution in [2.45, 2.75) is 53.5 Å². The van der Waals surface area contributed by atoms with E-state index in [0.29, 0.717) is 121 Å². The minimum atomic E-state index is -1.00. The van der Waals surface area contributed by atoms with Crippen LogP contribution in [-0.4, -0.2) is 139 Å². The molecule has 23 heteroatoms. The van der Waals surface area contributed by atoms with Crippen LogP contribution in [-0.2, 0) is 37.9 Å². The molecule has 0 atom stereocenters. The second-order valence-corrected chi connectivity index (χ2v) is 15.2. The maximum Gasteiger partial charge on any atom is 0.341 e. The monoisotopic (exact) mass is 984 g/mol. The number of amides is 2. The molecular formula is C47H56N2O21. The van der Waals surface area contributed by atoms with Gasteiger partial charge in [-0.3, -0.25) is 19.2 Å². The predicted molar refractivity (Wildman–Crippen MR) is 238 cm³/mol. The number of ether oxygens (including phenoxy) is 8. The molecule has 0 unspecified atom stereocenters. The third-order valence-corrected chi connectivity index (χ3v) is 9.79. The number of hydrogen-bond acceptors (Lipinski definition) is 20. The lowest BCUT2D eigenvalue weighted by molar-refractivity contribution is -0.0593. The summed E-state index contributed by atoms with van der Waals surface area (Å²) in [4.78, 5) is 79.7. The number of methoxy groups -OCH3 is 2. The first kappa shape index (κ1) is 55.4. The normalized spacial score (nSPS) is 14.4. The lowest BCUT2D eigenvalue weighted by atomic mass is 10.2. The van der Waals surface area contributed by atoms with Crippen molar-refractivity contribution in [1.82, 2.24) is 9.80 Å². The average Bonchev–Trinajstić information content (AvgIpc) is 4.18. The molecule has 380 valence electrons. The highest BCUT2D eigenvalue weighted by atomic mass is 16.7. The topological polar surface area (TPSA) is 286 Å². The van der Waals surface area contributed by atoms with Crippen molar-refractivity contribution in [2.24, 2.45) is 0 Å². The maximum absolute atomic E-state index is 11.8. The molecule has 0 bridgehead atoms. The van der Waals surface area contributed by atoms with Gasteiger partial charge in [0.2, 0.25) is 18.9 Å². The van der Waals surface area contributed by atoms with Crippen molar-refractivity contribution in [3.05, 3.63) is 116 Å². The minimum Gasteiger partial charge on any atom is -0.478 e. The number of aryl methyl sites for hydroxylation is 5. The van der Waals surface area contributed by atoms with E-state index >= 15 is 0 Å². The van der Waals surface area contributed by atoms with E-state index in [4.69, 9.17) is 55.6 Å². The van der Waals surface area contributed by atoms with E-state index in [0.717, 1.165) is 0 Å². The van der Waals surface area contributed by atoms with Crippen molar-refractivity contribution >= 4 is 42.3 Å². The molecule has 3 fully saturated rings. The smallest absolute Gasteiger partial charge is 0.341 e. The molecule has 0 aliphatic carbocycles. The Morgan fingerprint density at radius 3 is 1.06 bits per heavy atom. The third kappa shape index (κ3) is 14.7. The van der Waals surface area contributed by atoms with E-state index in [-0.39, 0.29) is 28.9 Å². The van der Waals surface area contributed by atoms with Gasteiger partial charge in [0.25, 0.3) is 11.8 Å². The fraction of sp³-hybridized carbons (Fsp3) is 0.426. The van der Waals surface area contributed by atoms with Gasteiger partial charge >= 0.3 is 17.9 Å². The van der Waals surface area contributed by atoms with Crippen LogP contribution >= 0.6 is 0 Å². The first-order valence-electron chi connectivity index (χ1n) is 21.2. The first-order valence-corrected chi connectivity index (χ1v) is 21.2. The van der Waals surface area contributed by atoms with Gasteiger partial charge in [0.05, 0.1) is 65.0 Å².